The molecular weight excluding hydrogens is 901 g/mol. The van der Waals surface area contributed by atoms with Crippen LogP contribution in [0.4, 0.5) is 4.79 Å². The molecule has 7 N–H and O–H groups in total. The first kappa shape index (κ1) is 57.9. The van der Waals surface area contributed by atoms with Crippen molar-refractivity contribution in [2.45, 2.75) is 205 Å². The lowest BCUT2D eigenvalue weighted by atomic mass is 9.77. The number of cyclic esters (lactones) is 1. The molecule has 0 aliphatic carbocycles. The smallest absolute Gasteiger partial charge is 0.315 e. The van der Waals surface area contributed by atoms with Crippen molar-refractivity contribution < 1.29 is 63.5 Å². The fraction of sp³-hybridized carbons (Fsp3) is 0.774. The summed E-state index contributed by atoms with van der Waals surface area (Å²) >= 11 is 0. The van der Waals surface area contributed by atoms with E-state index < -0.39 is 96.0 Å². The quantitative estimate of drug-likeness (QED) is 0.105. The van der Waals surface area contributed by atoms with Crippen LogP contribution in [0.1, 0.15) is 120 Å². The highest BCUT2D eigenvalue weighted by molar-refractivity contribution is 5.86. The summed E-state index contributed by atoms with van der Waals surface area (Å²) in [7, 11) is 5.26. The van der Waals surface area contributed by atoms with Crippen LogP contribution in [0.3, 0.4) is 0 Å². The number of nitrogens with one attached hydrogen (secondary N) is 2. The van der Waals surface area contributed by atoms with Crippen molar-refractivity contribution in [1.82, 2.24) is 20.4 Å². The van der Waals surface area contributed by atoms with Crippen LogP contribution in [0.25, 0.3) is 10.8 Å². The van der Waals surface area contributed by atoms with Gasteiger partial charge in [-0.2, -0.15) is 0 Å². The Morgan fingerprint density at radius 3 is 2.27 bits per heavy atom. The number of benzene rings is 2. The number of carbonyl (C=O) groups is 2. The van der Waals surface area contributed by atoms with Gasteiger partial charge >= 0.3 is 12.0 Å². The number of rotatable bonds is 13. The summed E-state index contributed by atoms with van der Waals surface area (Å²) < 4.78 is 38.2. The predicted molar refractivity (Wildman–Crippen MR) is 267 cm³/mol. The van der Waals surface area contributed by atoms with Crippen LogP contribution < -0.4 is 10.6 Å². The van der Waals surface area contributed by atoms with Gasteiger partial charge in [0.2, 0.25) is 0 Å². The van der Waals surface area contributed by atoms with Crippen LogP contribution in [0.2, 0.25) is 0 Å². The minimum absolute atomic E-state index is 0.0993. The molecule has 70 heavy (non-hydrogen) atoms. The Hall–Kier alpha value is -3.04. The van der Waals surface area contributed by atoms with Gasteiger partial charge in [-0.15, -0.1) is 0 Å². The normalized spacial score (nSPS) is 40.2. The van der Waals surface area contributed by atoms with E-state index in [1.54, 1.807) is 34.6 Å². The standard InChI is InChI=1S/C53H88N4O13/c1-15-41-53(11,64)45(59)35(7)57(25-19-24-54-50(62)55-34(6)38-23-18-21-37-20-16-17-22-39(37)38)29-30(2)27-51(9,63)47(70-49-43(58)40(56(12)13)26-31(3)66-49)32(4)44(33(5)48(61)68-41)69-42-28-52(10,65-14)46(60)36(8)67-42/h16-18,20-23,30-36,40-47,49,58-60,63-64H,15,19,24-29H2,1-14H3,(H2,54,55,62)/t30-,31-,32+,33-,34?,35-,36+,40+,41-,42-,43-,44+,45-,46+,47-,49+,51-,52-,53-/m1/s1. The van der Waals surface area contributed by atoms with Crippen molar-refractivity contribution in [3.8, 4) is 0 Å². The molecule has 19 atom stereocenters. The number of carbonyl (C=O) groups excluding carboxylic acids is 2. The number of urea groups is 1. The van der Waals surface area contributed by atoms with Gasteiger partial charge in [0.25, 0.3) is 0 Å². The van der Waals surface area contributed by atoms with E-state index in [1.165, 1.54) is 14.0 Å². The number of hydrogen-bond acceptors (Lipinski definition) is 15. The number of methoxy groups -OCH3 is 1. The first-order chi connectivity index (χ1) is 32.8. The summed E-state index contributed by atoms with van der Waals surface area (Å²) in [6.45, 7) is 20.5. The van der Waals surface area contributed by atoms with Gasteiger partial charge in [-0.1, -0.05) is 63.2 Å². The minimum Gasteiger partial charge on any atom is -0.459 e. The second-order valence-electron chi connectivity index (χ2n) is 21.8. The molecular formula is C53H88N4O13. The number of esters is 1. The van der Waals surface area contributed by atoms with E-state index in [0.717, 1.165) is 16.3 Å². The first-order valence-corrected chi connectivity index (χ1v) is 25.5. The van der Waals surface area contributed by atoms with Crippen LogP contribution in [0, 0.1) is 17.8 Å². The molecule has 2 aromatic rings. The van der Waals surface area contributed by atoms with Crippen molar-refractivity contribution in [2.75, 3.05) is 40.8 Å². The van der Waals surface area contributed by atoms with Crippen LogP contribution in [-0.4, -0.2) is 178 Å². The van der Waals surface area contributed by atoms with Gasteiger partial charge in [0, 0.05) is 51.2 Å². The topological polar surface area (TPSA) is 221 Å². The van der Waals surface area contributed by atoms with Gasteiger partial charge in [-0.05, 0) is 117 Å². The maximum absolute atomic E-state index is 14.6. The Morgan fingerprint density at radius 1 is 0.943 bits per heavy atom. The highest BCUT2D eigenvalue weighted by atomic mass is 16.7. The maximum atomic E-state index is 14.6. The molecule has 2 aromatic carbocycles. The molecule has 3 fully saturated rings. The summed E-state index contributed by atoms with van der Waals surface area (Å²) in [6, 6.07) is 12.5. The van der Waals surface area contributed by atoms with E-state index in [4.69, 9.17) is 28.4 Å². The van der Waals surface area contributed by atoms with Crippen molar-refractivity contribution >= 4 is 22.8 Å². The van der Waals surface area contributed by atoms with Crippen LogP contribution in [0.5, 0.6) is 0 Å². The monoisotopic (exact) mass is 989 g/mol. The highest BCUT2D eigenvalue weighted by Crippen LogP contribution is 2.40. The summed E-state index contributed by atoms with van der Waals surface area (Å²) in [6.07, 6.45) is -8.58. The fourth-order valence-corrected chi connectivity index (χ4v) is 11.3. The lowest BCUT2D eigenvalue weighted by Crippen LogP contribution is -2.60. The van der Waals surface area contributed by atoms with Crippen molar-refractivity contribution in [3.05, 3.63) is 48.0 Å². The number of likely N-dealkylation sites (N-methyl/N-ethyl adjacent to an activating group) is 1. The van der Waals surface area contributed by atoms with E-state index in [2.05, 4.69) is 10.6 Å². The van der Waals surface area contributed by atoms with Crippen LogP contribution in [0.15, 0.2) is 42.5 Å². The lowest BCUT2D eigenvalue weighted by molar-refractivity contribution is -0.318. The zero-order valence-electron chi connectivity index (χ0n) is 44.3. The molecule has 5 rings (SSSR count). The van der Waals surface area contributed by atoms with Crippen molar-refractivity contribution in [3.63, 3.8) is 0 Å². The number of hydrogen-bond donors (Lipinski definition) is 7. The van der Waals surface area contributed by atoms with Gasteiger partial charge in [-0.3, -0.25) is 9.69 Å². The number of aliphatic hydroxyl groups is 5. The molecule has 17 nitrogen and oxygen atoms in total. The Labute approximate surface area is 416 Å². The minimum atomic E-state index is -1.92. The molecule has 0 aromatic heterocycles. The Kier molecular flexibility index (Phi) is 20.1. The molecule has 0 radical (unpaired) electrons. The third-order valence-corrected chi connectivity index (χ3v) is 15.6. The van der Waals surface area contributed by atoms with Gasteiger partial charge in [-0.25, -0.2) is 4.79 Å². The highest BCUT2D eigenvalue weighted by Gasteiger charge is 2.53. The first-order valence-electron chi connectivity index (χ1n) is 25.5. The van der Waals surface area contributed by atoms with Gasteiger partial charge in [0.15, 0.2) is 12.6 Å². The third-order valence-electron chi connectivity index (χ3n) is 15.6. The average Bonchev–Trinajstić information content (AvgIpc) is 3.30. The molecule has 3 aliphatic heterocycles. The largest absolute Gasteiger partial charge is 0.459 e. The zero-order valence-corrected chi connectivity index (χ0v) is 44.3. The SMILES string of the molecule is CC[C@H]1OC(=O)[C@H](C)[C@@H](O[C@@H]2C[C@@](C)(OC)[C@@H](O)[C@H](C)O2)[C@H](C)[C@@H](O[C@@H]2O[C@H](C)C[C@H](N(C)C)[C@H]2O)[C@](C)(O)C[C@@H](C)CN(CCCNC(=O)NC(C)c2cccc3ccccc23)[C@H](C)[C@@H](O)[C@]1(C)O. The van der Waals surface area contributed by atoms with Crippen LogP contribution in [-0.2, 0) is 33.2 Å². The predicted octanol–water partition coefficient (Wildman–Crippen LogP) is 4.87. The maximum Gasteiger partial charge on any atom is 0.315 e. The number of fused-ring (bicyclic) bond motifs is 1. The number of nitrogens with zero attached hydrogens (tertiary/aromatic N) is 2. The summed E-state index contributed by atoms with van der Waals surface area (Å²) in [5, 5.41) is 68.3. The Morgan fingerprint density at radius 2 is 1.61 bits per heavy atom. The van der Waals surface area contributed by atoms with Gasteiger partial charge in [0.05, 0.1) is 47.6 Å². The van der Waals surface area contributed by atoms with Crippen LogP contribution >= 0.6 is 0 Å². The number of ether oxygens (including phenoxy) is 6. The molecule has 2 amide bonds. The molecule has 0 saturated carbocycles. The Bertz CT molecular complexity index is 1990. The summed E-state index contributed by atoms with van der Waals surface area (Å²) in [4.78, 5) is 31.8. The van der Waals surface area contributed by atoms with E-state index in [9.17, 15) is 35.1 Å². The number of aliphatic hydroxyl groups excluding tert-OH is 3. The molecule has 0 bridgehead atoms. The molecule has 0 spiro atoms. The van der Waals surface area contributed by atoms with Gasteiger partial charge in [0.1, 0.15) is 30.0 Å². The van der Waals surface area contributed by atoms with Gasteiger partial charge < -0.3 is 69.5 Å². The van der Waals surface area contributed by atoms with E-state index in [0.29, 0.717) is 32.5 Å². The fourth-order valence-electron chi connectivity index (χ4n) is 11.3. The van der Waals surface area contributed by atoms with E-state index in [1.807, 2.05) is 101 Å². The molecule has 17 heteroatoms. The van der Waals surface area contributed by atoms with E-state index in [-0.39, 0.29) is 49.4 Å². The molecule has 3 aliphatic rings. The molecule has 398 valence electrons. The average molecular weight is 989 g/mol. The number of amides is 2. The lowest BCUT2D eigenvalue weighted by Gasteiger charge is -2.48. The summed E-state index contributed by atoms with van der Waals surface area (Å²) in [5.41, 5.74) is -3.65. The molecule has 3 heterocycles. The van der Waals surface area contributed by atoms with E-state index >= 15 is 0 Å². The second-order valence-corrected chi connectivity index (χ2v) is 21.8. The second kappa shape index (κ2) is 24.3. The Balaban J connectivity index is 1.46. The van der Waals surface area contributed by atoms with Crippen molar-refractivity contribution in [1.29, 1.82) is 0 Å². The third kappa shape index (κ3) is 13.6. The van der Waals surface area contributed by atoms with Crippen molar-refractivity contribution in [2.24, 2.45) is 17.8 Å². The zero-order chi connectivity index (χ0) is 52.0. The molecule has 1 unspecified atom stereocenters. The molecule has 3 saturated heterocycles. The summed E-state index contributed by atoms with van der Waals surface area (Å²) in [5.74, 6) is -2.89.